The molecule has 0 fully saturated rings. The molecule has 122 valence electrons. The van der Waals surface area contributed by atoms with Crippen LogP contribution < -0.4 is 5.32 Å². The first kappa shape index (κ1) is 19.6. The third-order valence-electron chi connectivity index (χ3n) is 2.19. The number of thioether (sulfide) groups is 1. The summed E-state index contributed by atoms with van der Waals surface area (Å²) in [5, 5.41) is 10.8. The van der Waals surface area contributed by atoms with Gasteiger partial charge in [-0.3, -0.25) is 9.59 Å². The molecule has 2 N–H and O–H groups in total. The first-order chi connectivity index (χ1) is 9.63. The summed E-state index contributed by atoms with van der Waals surface area (Å²) in [6.07, 6.45) is -1.81. The molecule has 0 saturated carbocycles. The minimum atomic E-state index is -1.01. The molecule has 7 nitrogen and oxygen atoms in total. The predicted octanol–water partition coefficient (Wildman–Crippen LogP) is 1.85. The molecule has 8 heteroatoms. The van der Waals surface area contributed by atoms with Gasteiger partial charge in [-0.1, -0.05) is 27.7 Å². The van der Waals surface area contributed by atoms with E-state index in [2.05, 4.69) is 5.32 Å². The second-order valence-electron chi connectivity index (χ2n) is 5.02. The van der Waals surface area contributed by atoms with Gasteiger partial charge in [0.2, 0.25) is 0 Å². The molecule has 0 rings (SSSR count). The van der Waals surface area contributed by atoms with Crippen LogP contribution in [0.1, 0.15) is 34.6 Å². The summed E-state index contributed by atoms with van der Waals surface area (Å²) in [7, 11) is 0. The highest BCUT2D eigenvalue weighted by Gasteiger charge is 2.24. The van der Waals surface area contributed by atoms with Gasteiger partial charge in [0.1, 0.15) is 5.25 Å². The molecule has 0 aliphatic rings. The van der Waals surface area contributed by atoms with E-state index in [1.807, 2.05) is 13.8 Å². The molecule has 0 spiro atoms. The van der Waals surface area contributed by atoms with Crippen LogP contribution in [0.3, 0.4) is 0 Å². The summed E-state index contributed by atoms with van der Waals surface area (Å²) in [5.41, 5.74) is 0. The molecular formula is C13H23NO6S. The molecule has 0 heterocycles. The topological polar surface area (TPSA) is 102 Å². The molecule has 0 radical (unpaired) electrons. The smallest absolute Gasteiger partial charge is 0.410 e. The number of rotatable bonds is 8. The van der Waals surface area contributed by atoms with Crippen molar-refractivity contribution in [3.05, 3.63) is 0 Å². The van der Waals surface area contributed by atoms with Crippen LogP contribution in [-0.4, -0.2) is 46.5 Å². The Labute approximate surface area is 128 Å². The fraction of sp³-hybridized carbons (Fsp3) is 0.769. The van der Waals surface area contributed by atoms with Crippen molar-refractivity contribution in [2.24, 2.45) is 5.92 Å². The molecule has 0 saturated heterocycles. The van der Waals surface area contributed by atoms with E-state index in [0.29, 0.717) is 0 Å². The van der Waals surface area contributed by atoms with Crippen LogP contribution >= 0.6 is 11.8 Å². The lowest BCUT2D eigenvalue weighted by Gasteiger charge is -2.21. The normalized spacial score (nSPS) is 13.7. The molecule has 2 atom stereocenters. The number of carbonyl (C=O) groups is 3. The van der Waals surface area contributed by atoms with Gasteiger partial charge < -0.3 is 19.9 Å². The summed E-state index contributed by atoms with van der Waals surface area (Å²) in [6, 6.07) is 0. The van der Waals surface area contributed by atoms with Gasteiger partial charge in [0, 0.05) is 19.4 Å². The van der Waals surface area contributed by atoms with Crippen LogP contribution in [0.2, 0.25) is 0 Å². The zero-order chi connectivity index (χ0) is 16.6. The van der Waals surface area contributed by atoms with Gasteiger partial charge in [0.25, 0.3) is 6.29 Å². The van der Waals surface area contributed by atoms with E-state index in [9.17, 15) is 14.4 Å². The zero-order valence-electron chi connectivity index (χ0n) is 12.9. The van der Waals surface area contributed by atoms with E-state index in [1.54, 1.807) is 13.8 Å². The third-order valence-corrected chi connectivity index (χ3v) is 3.43. The van der Waals surface area contributed by atoms with Crippen molar-refractivity contribution in [3.8, 4) is 0 Å². The fourth-order valence-corrected chi connectivity index (χ4v) is 2.26. The zero-order valence-corrected chi connectivity index (χ0v) is 13.7. The van der Waals surface area contributed by atoms with Gasteiger partial charge in [-0.05, 0) is 5.25 Å². The van der Waals surface area contributed by atoms with Crippen molar-refractivity contribution in [1.82, 2.24) is 5.32 Å². The van der Waals surface area contributed by atoms with E-state index in [1.165, 1.54) is 18.7 Å². The number of alkyl carbamates (subject to hydrolysis) is 1. The van der Waals surface area contributed by atoms with E-state index in [0.717, 1.165) is 0 Å². The number of hydrogen-bond donors (Lipinski definition) is 2. The maximum atomic E-state index is 11.6. The summed E-state index contributed by atoms with van der Waals surface area (Å²) >= 11 is 1.23. The number of amides is 1. The SMILES string of the molecule is CC(=O)O[C@@H](OC(=O)NC[C@H](SC(C)C)C(=O)O)C(C)C. The lowest BCUT2D eigenvalue weighted by molar-refractivity contribution is -0.172. The van der Waals surface area contributed by atoms with Crippen LogP contribution in [0.25, 0.3) is 0 Å². The molecule has 0 aliphatic carbocycles. The van der Waals surface area contributed by atoms with Crippen molar-refractivity contribution in [2.75, 3.05) is 6.54 Å². The molecule has 21 heavy (non-hydrogen) atoms. The van der Waals surface area contributed by atoms with E-state index in [-0.39, 0.29) is 17.7 Å². The van der Waals surface area contributed by atoms with E-state index >= 15 is 0 Å². The standard InChI is InChI=1S/C13H23NO6S/c1-7(2)12(19-9(5)15)20-13(18)14-6-10(11(16)17)21-8(3)4/h7-8,10,12H,6H2,1-5H3,(H,14,18)(H,16,17)/t10-,12-/m0/s1. The van der Waals surface area contributed by atoms with E-state index < -0.39 is 29.6 Å². The average molecular weight is 321 g/mol. The molecule has 0 aromatic rings. The molecule has 0 aromatic carbocycles. The van der Waals surface area contributed by atoms with Crippen LogP contribution in [-0.2, 0) is 19.1 Å². The van der Waals surface area contributed by atoms with Crippen molar-refractivity contribution in [3.63, 3.8) is 0 Å². The second-order valence-corrected chi connectivity index (χ2v) is 6.80. The Hall–Kier alpha value is -1.44. The van der Waals surface area contributed by atoms with Crippen molar-refractivity contribution < 1.29 is 29.0 Å². The summed E-state index contributed by atoms with van der Waals surface area (Å²) in [6.45, 7) is 8.35. The largest absolute Gasteiger partial charge is 0.480 e. The Morgan fingerprint density at radius 2 is 1.71 bits per heavy atom. The fourth-order valence-electron chi connectivity index (χ4n) is 1.31. The highest BCUT2D eigenvalue weighted by Crippen LogP contribution is 2.17. The number of nitrogens with one attached hydrogen (secondary N) is 1. The Balaban J connectivity index is 4.39. The van der Waals surface area contributed by atoms with Gasteiger partial charge in [-0.25, -0.2) is 4.79 Å². The van der Waals surface area contributed by atoms with Crippen LogP contribution in [0, 0.1) is 5.92 Å². The molecule has 0 aliphatic heterocycles. The lowest BCUT2D eigenvalue weighted by atomic mass is 10.2. The monoisotopic (exact) mass is 321 g/mol. The number of carboxylic acids is 1. The first-order valence-electron chi connectivity index (χ1n) is 6.63. The van der Waals surface area contributed by atoms with Gasteiger partial charge >= 0.3 is 18.0 Å². The van der Waals surface area contributed by atoms with Crippen molar-refractivity contribution in [1.29, 1.82) is 0 Å². The Morgan fingerprint density at radius 1 is 1.14 bits per heavy atom. The number of carbonyl (C=O) groups excluding carboxylic acids is 2. The molecule has 0 bridgehead atoms. The quantitative estimate of drug-likeness (QED) is 0.519. The van der Waals surface area contributed by atoms with Gasteiger partial charge in [0.15, 0.2) is 0 Å². The first-order valence-corrected chi connectivity index (χ1v) is 7.57. The highest BCUT2D eigenvalue weighted by molar-refractivity contribution is 8.01. The number of hydrogen-bond acceptors (Lipinski definition) is 6. The van der Waals surface area contributed by atoms with Crippen molar-refractivity contribution in [2.45, 2.75) is 51.4 Å². The molecule has 1 amide bonds. The highest BCUT2D eigenvalue weighted by atomic mass is 32.2. The van der Waals surface area contributed by atoms with Crippen LogP contribution in [0.4, 0.5) is 4.79 Å². The third kappa shape index (κ3) is 9.17. The predicted molar refractivity (Wildman–Crippen MR) is 79.0 cm³/mol. The summed E-state index contributed by atoms with van der Waals surface area (Å²) in [4.78, 5) is 33.6. The average Bonchev–Trinajstić information content (AvgIpc) is 2.32. The number of ether oxygens (including phenoxy) is 2. The van der Waals surface area contributed by atoms with E-state index in [4.69, 9.17) is 14.6 Å². The minimum absolute atomic E-state index is 0.0676. The number of carboxylic acid groups (broad SMARTS) is 1. The second kappa shape index (κ2) is 9.49. The summed E-state index contributed by atoms with van der Waals surface area (Å²) < 4.78 is 9.82. The molecule has 0 aromatic heterocycles. The number of aliphatic carboxylic acids is 1. The Bertz CT molecular complexity index is 372. The van der Waals surface area contributed by atoms with Crippen LogP contribution in [0.15, 0.2) is 0 Å². The number of esters is 1. The van der Waals surface area contributed by atoms with Crippen LogP contribution in [0.5, 0.6) is 0 Å². The van der Waals surface area contributed by atoms with Gasteiger partial charge in [-0.15, -0.1) is 11.8 Å². The molecule has 0 unspecified atom stereocenters. The van der Waals surface area contributed by atoms with Gasteiger partial charge in [-0.2, -0.15) is 0 Å². The molecular weight excluding hydrogens is 298 g/mol. The van der Waals surface area contributed by atoms with Gasteiger partial charge in [0.05, 0.1) is 0 Å². The minimum Gasteiger partial charge on any atom is -0.480 e. The maximum Gasteiger partial charge on any atom is 0.410 e. The Morgan fingerprint density at radius 3 is 2.10 bits per heavy atom. The maximum absolute atomic E-state index is 11.6. The lowest BCUT2D eigenvalue weighted by Crippen LogP contribution is -2.39. The summed E-state index contributed by atoms with van der Waals surface area (Å²) in [5.74, 6) is -1.77. The van der Waals surface area contributed by atoms with Crippen molar-refractivity contribution >= 4 is 29.8 Å². The Kier molecular flexibility index (Phi) is 8.84.